The fourth-order valence-electron chi connectivity index (χ4n) is 4.31. The lowest BCUT2D eigenvalue weighted by Crippen LogP contribution is -2.46. The van der Waals surface area contributed by atoms with Crippen LogP contribution in [0.3, 0.4) is 0 Å². The van der Waals surface area contributed by atoms with Crippen molar-refractivity contribution in [3.63, 3.8) is 0 Å². The van der Waals surface area contributed by atoms with Crippen LogP contribution >= 0.6 is 0 Å². The van der Waals surface area contributed by atoms with Crippen molar-refractivity contribution in [2.75, 3.05) is 38.2 Å². The quantitative estimate of drug-likeness (QED) is 0.402. The number of methoxy groups -OCH3 is 1. The van der Waals surface area contributed by atoms with Crippen molar-refractivity contribution in [2.45, 2.75) is 6.54 Å². The van der Waals surface area contributed by atoms with Gasteiger partial charge in [-0.2, -0.15) is 0 Å². The minimum atomic E-state index is -0.280. The van der Waals surface area contributed by atoms with E-state index in [1.54, 1.807) is 25.3 Å². The van der Waals surface area contributed by atoms with E-state index in [4.69, 9.17) is 9.15 Å². The van der Waals surface area contributed by atoms with Crippen LogP contribution in [-0.2, 0) is 6.54 Å². The van der Waals surface area contributed by atoms with Crippen molar-refractivity contribution >= 4 is 16.7 Å². The van der Waals surface area contributed by atoms with Gasteiger partial charge in [0.25, 0.3) is 0 Å². The van der Waals surface area contributed by atoms with Gasteiger partial charge in [-0.3, -0.25) is 4.90 Å². The highest BCUT2D eigenvalue weighted by Crippen LogP contribution is 2.36. The van der Waals surface area contributed by atoms with Gasteiger partial charge in [-0.25, -0.2) is 8.78 Å². The molecule has 0 N–H and O–H groups in total. The van der Waals surface area contributed by atoms with Crippen LogP contribution in [0.5, 0.6) is 5.75 Å². The number of furan rings is 1. The van der Waals surface area contributed by atoms with Gasteiger partial charge in [0.15, 0.2) is 11.3 Å². The third kappa shape index (κ3) is 3.94. The molecule has 32 heavy (non-hydrogen) atoms. The maximum Gasteiger partial charge on any atom is 0.176 e. The van der Waals surface area contributed by atoms with Gasteiger partial charge in [-0.1, -0.05) is 18.2 Å². The molecule has 0 bridgehead atoms. The van der Waals surface area contributed by atoms with E-state index >= 15 is 0 Å². The molecule has 5 rings (SSSR count). The molecule has 1 aromatic heterocycles. The predicted molar refractivity (Wildman–Crippen MR) is 122 cm³/mol. The lowest BCUT2D eigenvalue weighted by molar-refractivity contribution is 0.250. The summed E-state index contributed by atoms with van der Waals surface area (Å²) in [6.07, 6.45) is 0. The first-order valence-electron chi connectivity index (χ1n) is 10.7. The average molecular weight is 434 g/mol. The molecule has 164 valence electrons. The minimum Gasteiger partial charge on any atom is -0.493 e. The molecule has 0 saturated carbocycles. The summed E-state index contributed by atoms with van der Waals surface area (Å²) in [5.74, 6) is 0.888. The SMILES string of the molecule is COc1ccc(CN2CCN(c3ccccc3F)CC2)c2cc(-c3ccc(F)cc3)oc12. The Morgan fingerprint density at radius 3 is 2.38 bits per heavy atom. The average Bonchev–Trinajstić information content (AvgIpc) is 3.27. The van der Waals surface area contributed by atoms with Crippen molar-refractivity contribution < 1.29 is 17.9 Å². The number of hydrogen-bond donors (Lipinski definition) is 0. The number of benzene rings is 3. The Hall–Kier alpha value is -3.38. The topological polar surface area (TPSA) is 28.9 Å². The Balaban J connectivity index is 1.37. The van der Waals surface area contributed by atoms with Crippen LogP contribution in [0.2, 0.25) is 0 Å². The highest BCUT2D eigenvalue weighted by Gasteiger charge is 2.21. The molecule has 2 heterocycles. The molecule has 1 aliphatic heterocycles. The van der Waals surface area contributed by atoms with Gasteiger partial charge in [0, 0.05) is 43.7 Å². The summed E-state index contributed by atoms with van der Waals surface area (Å²) in [7, 11) is 1.62. The van der Waals surface area contributed by atoms with Crippen LogP contribution in [0.15, 0.2) is 71.1 Å². The summed E-state index contributed by atoms with van der Waals surface area (Å²) in [4.78, 5) is 4.46. The van der Waals surface area contributed by atoms with Crippen molar-refractivity contribution in [3.8, 4) is 17.1 Å². The van der Waals surface area contributed by atoms with Gasteiger partial charge in [-0.05, 0) is 54.1 Å². The minimum absolute atomic E-state index is 0.176. The van der Waals surface area contributed by atoms with E-state index in [0.29, 0.717) is 22.8 Å². The van der Waals surface area contributed by atoms with Crippen molar-refractivity contribution in [2.24, 2.45) is 0 Å². The largest absolute Gasteiger partial charge is 0.493 e. The third-order valence-corrected chi connectivity index (χ3v) is 6.05. The first-order valence-corrected chi connectivity index (χ1v) is 10.7. The van der Waals surface area contributed by atoms with E-state index in [1.165, 1.54) is 18.2 Å². The van der Waals surface area contributed by atoms with E-state index in [2.05, 4.69) is 15.9 Å². The van der Waals surface area contributed by atoms with E-state index < -0.39 is 0 Å². The van der Waals surface area contributed by atoms with E-state index in [-0.39, 0.29) is 11.6 Å². The summed E-state index contributed by atoms with van der Waals surface area (Å²) in [5.41, 5.74) is 3.30. The molecule has 0 atom stereocenters. The molecule has 0 unspecified atom stereocenters. The fourth-order valence-corrected chi connectivity index (χ4v) is 4.31. The lowest BCUT2D eigenvalue weighted by Gasteiger charge is -2.36. The molecule has 4 nitrogen and oxygen atoms in total. The first-order chi connectivity index (χ1) is 15.6. The predicted octanol–water partition coefficient (Wildman–Crippen LogP) is 5.71. The number of hydrogen-bond acceptors (Lipinski definition) is 4. The number of para-hydroxylation sites is 1. The van der Waals surface area contributed by atoms with Gasteiger partial charge in [-0.15, -0.1) is 0 Å². The maximum absolute atomic E-state index is 14.1. The van der Waals surface area contributed by atoms with Gasteiger partial charge in [0.2, 0.25) is 0 Å². The number of nitrogens with zero attached hydrogens (tertiary/aromatic N) is 2. The van der Waals surface area contributed by atoms with E-state index in [9.17, 15) is 8.78 Å². The van der Waals surface area contributed by atoms with E-state index in [1.807, 2.05) is 24.3 Å². The Labute approximate surface area is 185 Å². The van der Waals surface area contributed by atoms with Crippen LogP contribution < -0.4 is 9.64 Å². The number of rotatable bonds is 5. The van der Waals surface area contributed by atoms with Crippen LogP contribution in [0.4, 0.5) is 14.5 Å². The second-order valence-electron chi connectivity index (χ2n) is 8.00. The van der Waals surface area contributed by atoms with Crippen molar-refractivity contribution in [1.82, 2.24) is 4.90 Å². The number of piperazine rings is 1. The zero-order valence-corrected chi connectivity index (χ0v) is 17.9. The molecule has 1 saturated heterocycles. The third-order valence-electron chi connectivity index (χ3n) is 6.05. The molecule has 0 aliphatic carbocycles. The summed E-state index contributed by atoms with van der Waals surface area (Å²) in [5, 5.41) is 0.986. The smallest absolute Gasteiger partial charge is 0.176 e. The van der Waals surface area contributed by atoms with Gasteiger partial charge in [0.05, 0.1) is 12.8 Å². The van der Waals surface area contributed by atoms with Gasteiger partial charge < -0.3 is 14.1 Å². The Bertz CT molecular complexity index is 1230. The molecular weight excluding hydrogens is 410 g/mol. The standard InChI is InChI=1S/C26H24F2N2O2/c1-31-24-11-8-19(21-16-25(32-26(21)24)18-6-9-20(27)10-7-18)17-29-12-14-30(15-13-29)23-5-3-2-4-22(23)28/h2-11,16H,12-15,17H2,1H3. The molecule has 4 aromatic rings. The van der Waals surface area contributed by atoms with Crippen LogP contribution in [0, 0.1) is 11.6 Å². The Morgan fingerprint density at radius 1 is 0.906 bits per heavy atom. The molecule has 0 amide bonds. The zero-order chi connectivity index (χ0) is 22.1. The molecule has 1 aliphatic rings. The van der Waals surface area contributed by atoms with Crippen molar-refractivity contribution in [1.29, 1.82) is 0 Å². The van der Waals surface area contributed by atoms with Crippen LogP contribution in [0.1, 0.15) is 5.56 Å². The fraction of sp³-hybridized carbons (Fsp3) is 0.231. The molecule has 6 heteroatoms. The molecule has 1 fully saturated rings. The number of halogens is 2. The van der Waals surface area contributed by atoms with Crippen LogP contribution in [-0.4, -0.2) is 38.2 Å². The monoisotopic (exact) mass is 434 g/mol. The summed E-state index contributed by atoms with van der Waals surface area (Å²) in [6.45, 7) is 3.97. The number of fused-ring (bicyclic) bond motifs is 1. The Morgan fingerprint density at radius 2 is 1.66 bits per heavy atom. The Kier molecular flexibility index (Phi) is 5.53. The lowest BCUT2D eigenvalue weighted by atomic mass is 10.1. The summed E-state index contributed by atoms with van der Waals surface area (Å²) >= 11 is 0. The maximum atomic E-state index is 14.1. The molecule has 0 radical (unpaired) electrons. The van der Waals surface area contributed by atoms with E-state index in [0.717, 1.165) is 49.2 Å². The first kappa shape index (κ1) is 20.5. The van der Waals surface area contributed by atoms with Gasteiger partial charge in [0.1, 0.15) is 17.4 Å². The molecule has 0 spiro atoms. The molecule has 3 aromatic carbocycles. The second kappa shape index (κ2) is 8.63. The zero-order valence-electron chi connectivity index (χ0n) is 17.9. The van der Waals surface area contributed by atoms with Crippen molar-refractivity contribution in [3.05, 3.63) is 83.9 Å². The highest BCUT2D eigenvalue weighted by atomic mass is 19.1. The van der Waals surface area contributed by atoms with Crippen LogP contribution in [0.25, 0.3) is 22.3 Å². The number of ether oxygens (including phenoxy) is 1. The normalized spacial score (nSPS) is 14.8. The number of anilines is 1. The van der Waals surface area contributed by atoms with Gasteiger partial charge >= 0.3 is 0 Å². The molecular formula is C26H24F2N2O2. The summed E-state index contributed by atoms with van der Waals surface area (Å²) < 4.78 is 39.1. The summed E-state index contributed by atoms with van der Waals surface area (Å²) in [6, 6.07) is 19.2. The highest BCUT2D eigenvalue weighted by molar-refractivity contribution is 5.90. The second-order valence-corrected chi connectivity index (χ2v) is 8.00.